The molecule has 0 aliphatic rings. The summed E-state index contributed by atoms with van der Waals surface area (Å²) in [7, 11) is -3.64. The SMILES string of the molecule is CS(=O)(=O)C(CCn1cnc2cc(-c3ccccc3)ccc2c1=O)C(N)=O. The molecule has 0 aliphatic heterocycles. The molecule has 0 fully saturated rings. The molecule has 0 saturated heterocycles. The first-order valence-corrected chi connectivity index (χ1v) is 10.3. The van der Waals surface area contributed by atoms with Gasteiger partial charge in [0.15, 0.2) is 9.84 Å². The molecule has 2 N–H and O–H groups in total. The highest BCUT2D eigenvalue weighted by atomic mass is 32.2. The van der Waals surface area contributed by atoms with E-state index in [1.54, 1.807) is 6.07 Å². The van der Waals surface area contributed by atoms with Gasteiger partial charge in [0.05, 0.1) is 17.2 Å². The van der Waals surface area contributed by atoms with Crippen LogP contribution in [0.25, 0.3) is 22.0 Å². The molecule has 1 unspecified atom stereocenters. The molecule has 0 saturated carbocycles. The van der Waals surface area contributed by atoms with Gasteiger partial charge in [-0.25, -0.2) is 13.4 Å². The summed E-state index contributed by atoms with van der Waals surface area (Å²) in [4.78, 5) is 28.4. The lowest BCUT2D eigenvalue weighted by molar-refractivity contribution is -0.117. The van der Waals surface area contributed by atoms with Crippen LogP contribution in [0.15, 0.2) is 59.7 Å². The zero-order valence-electron chi connectivity index (χ0n) is 14.7. The third-order valence-corrected chi connectivity index (χ3v) is 5.90. The van der Waals surface area contributed by atoms with Gasteiger partial charge in [-0.15, -0.1) is 0 Å². The number of hydrogen-bond donors (Lipinski definition) is 1. The minimum Gasteiger partial charge on any atom is -0.369 e. The molecule has 1 atom stereocenters. The van der Waals surface area contributed by atoms with Crippen LogP contribution in [0.5, 0.6) is 0 Å². The lowest BCUT2D eigenvalue weighted by atomic mass is 10.0. The maximum absolute atomic E-state index is 12.7. The largest absolute Gasteiger partial charge is 0.369 e. The third kappa shape index (κ3) is 4.06. The Balaban J connectivity index is 1.92. The van der Waals surface area contributed by atoms with Gasteiger partial charge in [-0.2, -0.15) is 0 Å². The Kier molecular flexibility index (Phi) is 5.09. The van der Waals surface area contributed by atoms with E-state index in [1.165, 1.54) is 10.9 Å². The van der Waals surface area contributed by atoms with Gasteiger partial charge in [0.2, 0.25) is 5.91 Å². The number of aryl methyl sites for hydroxylation is 1. The van der Waals surface area contributed by atoms with E-state index in [-0.39, 0.29) is 18.5 Å². The number of fused-ring (bicyclic) bond motifs is 1. The second kappa shape index (κ2) is 7.32. The maximum atomic E-state index is 12.7. The molecule has 3 rings (SSSR count). The first-order valence-electron chi connectivity index (χ1n) is 8.30. The van der Waals surface area contributed by atoms with Crippen molar-refractivity contribution in [3.05, 3.63) is 65.2 Å². The van der Waals surface area contributed by atoms with Crippen LogP contribution in [-0.2, 0) is 21.2 Å². The van der Waals surface area contributed by atoms with Crippen LogP contribution in [-0.4, -0.2) is 35.4 Å². The average Bonchev–Trinajstić information content (AvgIpc) is 2.62. The van der Waals surface area contributed by atoms with E-state index in [1.807, 2.05) is 42.5 Å². The number of benzene rings is 2. The average molecular weight is 385 g/mol. The molecule has 140 valence electrons. The molecule has 1 heterocycles. The smallest absolute Gasteiger partial charge is 0.261 e. The number of primary amides is 1. The van der Waals surface area contributed by atoms with Crippen molar-refractivity contribution in [2.45, 2.75) is 18.2 Å². The van der Waals surface area contributed by atoms with Crippen LogP contribution in [0.4, 0.5) is 0 Å². The molecule has 2 aromatic carbocycles. The Morgan fingerprint density at radius 3 is 2.48 bits per heavy atom. The van der Waals surface area contributed by atoms with E-state index in [0.29, 0.717) is 10.9 Å². The lowest BCUT2D eigenvalue weighted by Crippen LogP contribution is -2.37. The van der Waals surface area contributed by atoms with E-state index in [4.69, 9.17) is 5.73 Å². The molecule has 27 heavy (non-hydrogen) atoms. The summed E-state index contributed by atoms with van der Waals surface area (Å²) in [5, 5.41) is -0.910. The zero-order chi connectivity index (χ0) is 19.6. The van der Waals surface area contributed by atoms with Gasteiger partial charge in [-0.3, -0.25) is 14.2 Å². The minimum absolute atomic E-state index is 0.0306. The quantitative estimate of drug-likeness (QED) is 0.688. The number of nitrogens with two attached hydrogens (primary N) is 1. The van der Waals surface area contributed by atoms with Crippen LogP contribution in [0, 0.1) is 0 Å². The van der Waals surface area contributed by atoms with Crippen LogP contribution >= 0.6 is 0 Å². The molecule has 0 radical (unpaired) electrons. The second-order valence-corrected chi connectivity index (χ2v) is 8.58. The zero-order valence-corrected chi connectivity index (χ0v) is 15.5. The first-order chi connectivity index (χ1) is 12.8. The Morgan fingerprint density at radius 1 is 1.15 bits per heavy atom. The lowest BCUT2D eigenvalue weighted by Gasteiger charge is -2.12. The van der Waals surface area contributed by atoms with E-state index in [2.05, 4.69) is 4.98 Å². The van der Waals surface area contributed by atoms with Gasteiger partial charge >= 0.3 is 0 Å². The van der Waals surface area contributed by atoms with Gasteiger partial charge in [0.25, 0.3) is 5.56 Å². The molecular weight excluding hydrogens is 366 g/mol. The summed E-state index contributed by atoms with van der Waals surface area (Å²) >= 11 is 0. The van der Waals surface area contributed by atoms with Crippen molar-refractivity contribution in [3.63, 3.8) is 0 Å². The summed E-state index contributed by atoms with van der Waals surface area (Å²) in [5.41, 5.74) is 7.38. The molecule has 0 aliphatic carbocycles. The van der Waals surface area contributed by atoms with Crippen molar-refractivity contribution in [1.29, 1.82) is 0 Å². The Hall–Kier alpha value is -3.00. The van der Waals surface area contributed by atoms with Crippen LogP contribution in [0.3, 0.4) is 0 Å². The van der Waals surface area contributed by atoms with E-state index in [9.17, 15) is 18.0 Å². The normalized spacial score (nSPS) is 12.8. The van der Waals surface area contributed by atoms with Gasteiger partial charge in [0.1, 0.15) is 5.25 Å². The van der Waals surface area contributed by atoms with E-state index in [0.717, 1.165) is 17.4 Å². The predicted octanol–water partition coefficient (Wildman–Crippen LogP) is 1.35. The Bertz CT molecular complexity index is 1150. The highest BCUT2D eigenvalue weighted by Crippen LogP contribution is 2.21. The van der Waals surface area contributed by atoms with Crippen molar-refractivity contribution >= 4 is 26.6 Å². The fraction of sp³-hybridized carbons (Fsp3) is 0.211. The number of hydrogen-bond acceptors (Lipinski definition) is 5. The summed E-state index contributed by atoms with van der Waals surface area (Å²) in [6.07, 6.45) is 2.23. The number of carbonyl (C=O) groups is 1. The number of amides is 1. The van der Waals surface area contributed by atoms with Crippen molar-refractivity contribution in [2.75, 3.05) is 6.26 Å². The topological polar surface area (TPSA) is 112 Å². The molecule has 8 heteroatoms. The Labute approximate surface area is 156 Å². The summed E-state index contributed by atoms with van der Waals surface area (Å²) in [6.45, 7) is 0.0306. The number of sulfone groups is 1. The first kappa shape index (κ1) is 18.8. The molecule has 3 aromatic rings. The minimum atomic E-state index is -3.64. The van der Waals surface area contributed by atoms with Crippen LogP contribution < -0.4 is 11.3 Å². The maximum Gasteiger partial charge on any atom is 0.261 e. The predicted molar refractivity (Wildman–Crippen MR) is 104 cm³/mol. The molecule has 7 nitrogen and oxygen atoms in total. The van der Waals surface area contributed by atoms with Gasteiger partial charge in [0, 0.05) is 12.8 Å². The van der Waals surface area contributed by atoms with Gasteiger partial charge < -0.3 is 5.73 Å². The fourth-order valence-corrected chi connectivity index (χ4v) is 3.91. The molecular formula is C19H19N3O4S. The number of carbonyl (C=O) groups excluding carboxylic acids is 1. The summed E-state index contributed by atoms with van der Waals surface area (Å²) < 4.78 is 24.6. The standard InChI is InChI=1S/C19H19N3O4S/c1-27(25,26)17(18(20)23)9-10-22-12-21-16-11-14(7-8-15(16)19(22)24)13-5-3-2-4-6-13/h2-8,11-12,17H,9-10H2,1H3,(H2,20,23). The summed E-state index contributed by atoms with van der Waals surface area (Å²) in [5.74, 6) is -0.924. The molecule has 1 aromatic heterocycles. The highest BCUT2D eigenvalue weighted by molar-refractivity contribution is 7.92. The number of nitrogens with zero attached hydrogens (tertiary/aromatic N) is 2. The molecule has 1 amide bonds. The van der Waals surface area contributed by atoms with Gasteiger partial charge in [-0.1, -0.05) is 36.4 Å². The second-order valence-electron chi connectivity index (χ2n) is 6.35. The summed E-state index contributed by atoms with van der Waals surface area (Å²) in [6, 6.07) is 15.1. The van der Waals surface area contributed by atoms with Crippen molar-refractivity contribution < 1.29 is 13.2 Å². The fourth-order valence-electron chi connectivity index (χ4n) is 2.95. The Morgan fingerprint density at radius 2 is 1.85 bits per heavy atom. The van der Waals surface area contributed by atoms with Crippen LogP contribution in [0.2, 0.25) is 0 Å². The molecule has 0 spiro atoms. The molecule has 0 bridgehead atoms. The van der Waals surface area contributed by atoms with Crippen molar-refractivity contribution in [2.24, 2.45) is 5.73 Å². The van der Waals surface area contributed by atoms with Gasteiger partial charge in [-0.05, 0) is 29.7 Å². The highest BCUT2D eigenvalue weighted by Gasteiger charge is 2.26. The number of rotatable bonds is 6. The van der Waals surface area contributed by atoms with Crippen molar-refractivity contribution in [3.8, 4) is 11.1 Å². The van der Waals surface area contributed by atoms with Crippen molar-refractivity contribution in [1.82, 2.24) is 9.55 Å². The van der Waals surface area contributed by atoms with E-state index < -0.39 is 21.0 Å². The monoisotopic (exact) mass is 385 g/mol. The number of aromatic nitrogens is 2. The van der Waals surface area contributed by atoms with E-state index >= 15 is 0 Å². The third-order valence-electron chi connectivity index (χ3n) is 4.40. The van der Waals surface area contributed by atoms with Crippen LogP contribution in [0.1, 0.15) is 6.42 Å².